The van der Waals surface area contributed by atoms with Crippen molar-refractivity contribution in [2.75, 3.05) is 33.7 Å². The molecule has 1 unspecified atom stereocenters. The van der Waals surface area contributed by atoms with Crippen molar-refractivity contribution in [3.63, 3.8) is 0 Å². The number of Topliss-reactive ketones (excluding diaryl/α,β-unsaturated/α-hetero) is 1. The number of likely N-dealkylation sites (tertiary alicyclic amines) is 1. The molecule has 0 aromatic carbocycles. The number of likely N-dealkylation sites (N-methyl/N-ethyl adjacent to an activating group) is 2. The Morgan fingerprint density at radius 2 is 2.27 bits per heavy atom. The van der Waals surface area contributed by atoms with Crippen LogP contribution in [0.1, 0.15) is 32.6 Å². The van der Waals surface area contributed by atoms with Crippen molar-refractivity contribution in [3.8, 4) is 0 Å². The van der Waals surface area contributed by atoms with Gasteiger partial charge in [-0.3, -0.25) is 0 Å². The first-order chi connectivity index (χ1) is 7.09. The second-order valence-electron chi connectivity index (χ2n) is 4.84. The van der Waals surface area contributed by atoms with Gasteiger partial charge in [0, 0.05) is 19.0 Å². The van der Waals surface area contributed by atoms with Crippen LogP contribution in [0, 0.1) is 0 Å². The van der Waals surface area contributed by atoms with E-state index in [9.17, 15) is 4.79 Å². The molecule has 1 heterocycles. The van der Waals surface area contributed by atoms with Crippen molar-refractivity contribution in [2.45, 2.75) is 38.6 Å². The van der Waals surface area contributed by atoms with E-state index in [1.54, 1.807) is 6.92 Å². The van der Waals surface area contributed by atoms with Crippen LogP contribution in [0.2, 0.25) is 0 Å². The first-order valence-electron chi connectivity index (χ1n) is 5.98. The van der Waals surface area contributed by atoms with Crippen LogP contribution in [0.25, 0.3) is 0 Å². The molecule has 0 saturated carbocycles. The van der Waals surface area contributed by atoms with Gasteiger partial charge in [0.05, 0.1) is 0 Å². The topological polar surface area (TPSA) is 23.6 Å². The van der Waals surface area contributed by atoms with E-state index in [0.29, 0.717) is 5.78 Å². The molecule has 0 aromatic heterocycles. The van der Waals surface area contributed by atoms with Crippen molar-refractivity contribution in [1.82, 2.24) is 9.80 Å². The highest BCUT2D eigenvalue weighted by Crippen LogP contribution is 2.15. The fraction of sp³-hybridized carbons (Fsp3) is 0.917. The van der Waals surface area contributed by atoms with Gasteiger partial charge in [0.1, 0.15) is 5.78 Å². The lowest BCUT2D eigenvalue weighted by Gasteiger charge is -2.25. The molecule has 1 aliphatic heterocycles. The first kappa shape index (κ1) is 12.7. The second kappa shape index (κ2) is 6.23. The molecule has 0 amide bonds. The molecule has 0 aromatic rings. The van der Waals surface area contributed by atoms with Gasteiger partial charge in [-0.1, -0.05) is 0 Å². The number of carbonyl (C=O) groups is 1. The van der Waals surface area contributed by atoms with Crippen LogP contribution in [0.4, 0.5) is 0 Å². The maximum Gasteiger partial charge on any atom is 0.129 e. The second-order valence-corrected chi connectivity index (χ2v) is 4.84. The number of nitrogens with zero attached hydrogens (tertiary/aromatic N) is 2. The number of hydrogen-bond donors (Lipinski definition) is 0. The summed E-state index contributed by atoms with van der Waals surface area (Å²) in [5.41, 5.74) is 0. The normalized spacial score (nSPS) is 22.5. The lowest BCUT2D eigenvalue weighted by Crippen LogP contribution is -2.37. The summed E-state index contributed by atoms with van der Waals surface area (Å²) in [6.07, 6.45) is 4.39. The third kappa shape index (κ3) is 4.76. The lowest BCUT2D eigenvalue weighted by atomic mass is 10.2. The SMILES string of the molecule is CC(=O)CCCN(C)CC1CCCN1C. The van der Waals surface area contributed by atoms with Gasteiger partial charge in [0.2, 0.25) is 0 Å². The zero-order chi connectivity index (χ0) is 11.3. The van der Waals surface area contributed by atoms with E-state index in [1.807, 2.05) is 0 Å². The van der Waals surface area contributed by atoms with E-state index in [4.69, 9.17) is 0 Å². The zero-order valence-electron chi connectivity index (χ0n) is 10.3. The molecular weight excluding hydrogens is 188 g/mol. The summed E-state index contributed by atoms with van der Waals surface area (Å²) in [6, 6.07) is 0.729. The highest BCUT2D eigenvalue weighted by Gasteiger charge is 2.21. The van der Waals surface area contributed by atoms with E-state index in [2.05, 4.69) is 23.9 Å². The summed E-state index contributed by atoms with van der Waals surface area (Å²) in [5, 5.41) is 0. The quantitative estimate of drug-likeness (QED) is 0.664. The largest absolute Gasteiger partial charge is 0.305 e. The summed E-state index contributed by atoms with van der Waals surface area (Å²) in [4.78, 5) is 15.6. The highest BCUT2D eigenvalue weighted by atomic mass is 16.1. The molecular formula is C12H24N2O. The van der Waals surface area contributed by atoms with Gasteiger partial charge in [-0.15, -0.1) is 0 Å². The van der Waals surface area contributed by atoms with Gasteiger partial charge in [-0.2, -0.15) is 0 Å². The molecule has 3 heteroatoms. The van der Waals surface area contributed by atoms with Gasteiger partial charge in [0.15, 0.2) is 0 Å². The van der Waals surface area contributed by atoms with Crippen molar-refractivity contribution in [2.24, 2.45) is 0 Å². The van der Waals surface area contributed by atoms with Crippen molar-refractivity contribution >= 4 is 5.78 Å². The number of ketones is 1. The minimum absolute atomic E-state index is 0.307. The Morgan fingerprint density at radius 3 is 2.80 bits per heavy atom. The maximum absolute atomic E-state index is 10.8. The van der Waals surface area contributed by atoms with E-state index in [-0.39, 0.29) is 0 Å². The third-order valence-electron chi connectivity index (χ3n) is 3.26. The molecule has 0 N–H and O–H groups in total. The predicted octanol–water partition coefficient (Wildman–Crippen LogP) is 1.38. The lowest BCUT2D eigenvalue weighted by molar-refractivity contribution is -0.117. The summed E-state index contributed by atoms with van der Waals surface area (Å²) < 4.78 is 0. The summed E-state index contributed by atoms with van der Waals surface area (Å²) in [5.74, 6) is 0.307. The Bertz CT molecular complexity index is 206. The molecule has 0 aliphatic carbocycles. The Kier molecular flexibility index (Phi) is 5.26. The van der Waals surface area contributed by atoms with Crippen LogP contribution in [0.5, 0.6) is 0 Å². The number of carbonyl (C=O) groups excluding carboxylic acids is 1. The number of hydrogen-bond acceptors (Lipinski definition) is 3. The smallest absolute Gasteiger partial charge is 0.129 e. The number of rotatable bonds is 6. The standard InChI is InChI=1S/C12H24N2O/c1-11(15)6-4-8-13(2)10-12-7-5-9-14(12)3/h12H,4-10H2,1-3H3. The van der Waals surface area contributed by atoms with Gasteiger partial charge >= 0.3 is 0 Å². The molecule has 1 fully saturated rings. The first-order valence-corrected chi connectivity index (χ1v) is 5.98. The molecule has 88 valence electrons. The van der Waals surface area contributed by atoms with E-state index >= 15 is 0 Å². The third-order valence-corrected chi connectivity index (χ3v) is 3.26. The fourth-order valence-corrected chi connectivity index (χ4v) is 2.26. The highest BCUT2D eigenvalue weighted by molar-refractivity contribution is 5.75. The van der Waals surface area contributed by atoms with Crippen LogP contribution < -0.4 is 0 Å². The maximum atomic E-state index is 10.8. The van der Waals surface area contributed by atoms with Crippen LogP contribution in [-0.2, 0) is 4.79 Å². The van der Waals surface area contributed by atoms with Crippen LogP contribution >= 0.6 is 0 Å². The van der Waals surface area contributed by atoms with Gasteiger partial charge in [-0.25, -0.2) is 0 Å². The molecule has 3 nitrogen and oxygen atoms in total. The molecule has 15 heavy (non-hydrogen) atoms. The van der Waals surface area contributed by atoms with Gasteiger partial charge in [-0.05, 0) is 53.4 Å². The Hall–Kier alpha value is -0.410. The zero-order valence-corrected chi connectivity index (χ0v) is 10.3. The van der Waals surface area contributed by atoms with Crippen molar-refractivity contribution in [1.29, 1.82) is 0 Å². The molecule has 1 aliphatic rings. The predicted molar refractivity (Wildman–Crippen MR) is 63.1 cm³/mol. The summed E-state index contributed by atoms with van der Waals surface area (Å²) in [7, 11) is 4.37. The molecule has 0 spiro atoms. The Labute approximate surface area is 93.4 Å². The molecule has 0 bridgehead atoms. The molecule has 1 atom stereocenters. The molecule has 1 rings (SSSR count). The van der Waals surface area contributed by atoms with Gasteiger partial charge < -0.3 is 14.6 Å². The minimum Gasteiger partial charge on any atom is -0.305 e. The average molecular weight is 212 g/mol. The minimum atomic E-state index is 0.307. The Balaban J connectivity index is 2.12. The molecule has 0 radical (unpaired) electrons. The van der Waals surface area contributed by atoms with E-state index in [0.717, 1.165) is 32.0 Å². The van der Waals surface area contributed by atoms with E-state index < -0.39 is 0 Å². The Morgan fingerprint density at radius 1 is 1.53 bits per heavy atom. The summed E-state index contributed by atoms with van der Waals surface area (Å²) in [6.45, 7) is 5.11. The van der Waals surface area contributed by atoms with Crippen LogP contribution in [-0.4, -0.2) is 55.4 Å². The fourth-order valence-electron chi connectivity index (χ4n) is 2.26. The van der Waals surface area contributed by atoms with Crippen molar-refractivity contribution in [3.05, 3.63) is 0 Å². The van der Waals surface area contributed by atoms with Crippen molar-refractivity contribution < 1.29 is 4.79 Å². The monoisotopic (exact) mass is 212 g/mol. The molecule has 1 saturated heterocycles. The van der Waals surface area contributed by atoms with Crippen LogP contribution in [0.3, 0.4) is 0 Å². The van der Waals surface area contributed by atoms with E-state index in [1.165, 1.54) is 19.4 Å². The van der Waals surface area contributed by atoms with Gasteiger partial charge in [0.25, 0.3) is 0 Å². The van der Waals surface area contributed by atoms with Crippen LogP contribution in [0.15, 0.2) is 0 Å². The average Bonchev–Trinajstić information content (AvgIpc) is 2.51. The summed E-state index contributed by atoms with van der Waals surface area (Å²) >= 11 is 0.